The van der Waals surface area contributed by atoms with Crippen molar-refractivity contribution >= 4 is 51.6 Å². The van der Waals surface area contributed by atoms with Gasteiger partial charge in [0.15, 0.2) is 0 Å². The van der Waals surface area contributed by atoms with Crippen molar-refractivity contribution in [1.29, 1.82) is 0 Å². The number of carbonyl (C=O) groups is 2. The second-order valence-corrected chi connectivity index (χ2v) is 20.6. The first kappa shape index (κ1) is 20.1. The molecule has 3 fully saturated rings. The van der Waals surface area contributed by atoms with Gasteiger partial charge in [-0.25, -0.2) is 0 Å². The summed E-state index contributed by atoms with van der Waals surface area (Å²) in [7, 11) is 1.67. The summed E-state index contributed by atoms with van der Waals surface area (Å²) in [6.07, 6.45) is 0.529. The zero-order chi connectivity index (χ0) is 18.5. The van der Waals surface area contributed by atoms with Gasteiger partial charge in [-0.1, -0.05) is 0 Å². The monoisotopic (exact) mass is 580 g/mol. The van der Waals surface area contributed by atoms with E-state index in [1.54, 1.807) is 7.11 Å². The number of carbonyl (C=O) groups excluding carboxylic acids is 2. The molecule has 1 saturated heterocycles. The van der Waals surface area contributed by atoms with Crippen molar-refractivity contribution in [3.63, 3.8) is 0 Å². The van der Waals surface area contributed by atoms with E-state index in [-0.39, 0.29) is 51.2 Å². The predicted molar refractivity (Wildman–Crippen MR) is 115 cm³/mol. The summed E-state index contributed by atoms with van der Waals surface area (Å²) in [5.74, 6) is 0.379. The molecule has 1 heterocycles. The number of halogens is 2. The number of hydrogen-bond acceptors (Lipinski definition) is 5. The van der Waals surface area contributed by atoms with Crippen molar-refractivity contribution in [3.8, 4) is 0 Å². The van der Waals surface area contributed by atoms with Crippen LogP contribution >= 0.6 is 39.6 Å². The van der Waals surface area contributed by atoms with Gasteiger partial charge in [0.25, 0.3) is 0 Å². The van der Waals surface area contributed by atoms with Crippen LogP contribution in [0.15, 0.2) is 0 Å². The molecule has 0 aromatic heterocycles. The summed E-state index contributed by atoms with van der Waals surface area (Å²) in [6.45, 7) is 2.60. The molecule has 2 bridgehead atoms. The summed E-state index contributed by atoms with van der Waals surface area (Å²) in [6, 6.07) is 0. The van der Waals surface area contributed by atoms with Gasteiger partial charge in [0.2, 0.25) is 0 Å². The number of cyclic esters (lactones) is 1. The molecule has 7 atom stereocenters. The van der Waals surface area contributed by atoms with Gasteiger partial charge in [-0.3, -0.25) is 0 Å². The molecule has 2 saturated carbocycles. The second-order valence-electron chi connectivity index (χ2n) is 7.95. The zero-order valence-corrected chi connectivity index (χ0v) is 20.2. The Morgan fingerprint density at radius 2 is 1.88 bits per heavy atom. The maximum absolute atomic E-state index is 13.2. The summed E-state index contributed by atoms with van der Waals surface area (Å²) < 4.78 is 17.9. The Morgan fingerprint density at radius 1 is 1.20 bits per heavy atom. The molecule has 7 heteroatoms. The molecule has 3 aliphatic rings. The molecule has 146 valence electrons. The fourth-order valence-electron chi connectivity index (χ4n) is 4.80. The van der Waals surface area contributed by atoms with E-state index in [1.165, 1.54) is 0 Å². The zero-order valence-electron chi connectivity index (χ0n) is 15.9. The SMILES string of the molecule is COC1C2CC(C3COC(=O)C32)C1OC(=O)C(C)(CI(C)C)I(C)C. The van der Waals surface area contributed by atoms with Crippen LogP contribution in [-0.4, -0.2) is 65.4 Å². The van der Waals surface area contributed by atoms with Crippen molar-refractivity contribution in [3.05, 3.63) is 0 Å². The fraction of sp³-hybridized carbons (Fsp3) is 0.889. The quantitative estimate of drug-likeness (QED) is 0.275. The van der Waals surface area contributed by atoms with Crippen molar-refractivity contribution in [1.82, 2.24) is 0 Å². The molecule has 0 amide bonds. The Balaban J connectivity index is 1.78. The first-order valence-corrected chi connectivity index (χ1v) is 19.8. The average molecular weight is 580 g/mol. The third-order valence-corrected chi connectivity index (χ3v) is 16.3. The fourth-order valence-corrected chi connectivity index (χ4v) is 17.3. The van der Waals surface area contributed by atoms with Crippen LogP contribution in [0.5, 0.6) is 0 Å². The number of methoxy groups -OCH3 is 1. The summed E-state index contributed by atoms with van der Waals surface area (Å²) in [5.41, 5.74) is 0. The van der Waals surface area contributed by atoms with Gasteiger partial charge in [0.05, 0.1) is 0 Å². The van der Waals surface area contributed by atoms with Crippen LogP contribution in [0, 0.1) is 23.7 Å². The Kier molecular flexibility index (Phi) is 5.96. The molecule has 0 N–H and O–H groups in total. The molecule has 1 aliphatic heterocycles. The molecule has 0 aromatic rings. The van der Waals surface area contributed by atoms with Gasteiger partial charge in [-0.2, -0.15) is 0 Å². The molecule has 25 heavy (non-hydrogen) atoms. The Labute approximate surface area is 165 Å². The molecule has 2 aliphatic carbocycles. The minimum absolute atomic E-state index is 0.0184. The van der Waals surface area contributed by atoms with Crippen molar-refractivity contribution in [2.45, 2.75) is 29.0 Å². The van der Waals surface area contributed by atoms with Gasteiger partial charge >= 0.3 is 166 Å². The van der Waals surface area contributed by atoms with E-state index in [0.717, 1.165) is 10.8 Å². The number of alkyl halides is 6. The third kappa shape index (κ3) is 3.34. The number of rotatable bonds is 6. The Morgan fingerprint density at radius 3 is 2.44 bits per heavy atom. The summed E-state index contributed by atoms with van der Waals surface area (Å²) in [5, 5.41) is 0. The molecule has 0 spiro atoms. The van der Waals surface area contributed by atoms with Crippen molar-refractivity contribution in [2.24, 2.45) is 23.7 Å². The molecule has 7 unspecified atom stereocenters. The molecule has 5 nitrogen and oxygen atoms in total. The van der Waals surface area contributed by atoms with Crippen LogP contribution in [0.4, 0.5) is 0 Å². The molecule has 0 aromatic carbocycles. The third-order valence-electron chi connectivity index (χ3n) is 6.17. The maximum atomic E-state index is 13.2. The number of fused-ring (bicyclic) bond motifs is 5. The van der Waals surface area contributed by atoms with Crippen LogP contribution in [-0.2, 0) is 23.8 Å². The van der Waals surface area contributed by atoms with Crippen LogP contribution < -0.4 is 0 Å². The second kappa shape index (κ2) is 7.41. The van der Waals surface area contributed by atoms with Crippen LogP contribution in [0.1, 0.15) is 13.3 Å². The predicted octanol–water partition coefficient (Wildman–Crippen LogP) is 2.64. The van der Waals surface area contributed by atoms with E-state index in [4.69, 9.17) is 14.2 Å². The summed E-state index contributed by atoms with van der Waals surface area (Å²) >= 11 is -2.44. The topological polar surface area (TPSA) is 61.8 Å². The number of hydrogen-bond donors (Lipinski definition) is 0. The van der Waals surface area contributed by atoms with Gasteiger partial charge in [-0.05, 0) is 0 Å². The van der Waals surface area contributed by atoms with E-state index in [9.17, 15) is 9.59 Å². The first-order chi connectivity index (χ1) is 11.7. The summed E-state index contributed by atoms with van der Waals surface area (Å²) in [4.78, 5) is 34.4. The van der Waals surface area contributed by atoms with Gasteiger partial charge < -0.3 is 0 Å². The normalized spacial score (nSPS) is 39.5. The standard InChI is InChI=1S/C18H30I2O5/c1-18(20(4)5,9-19(2)3)17(22)25-15-10-7-11(14(15)23-6)13-12(10)8-24-16(13)21/h10-15H,7-9H2,1-6H3. The molecular weight excluding hydrogens is 550 g/mol. The van der Waals surface area contributed by atoms with E-state index in [1.807, 2.05) is 0 Å². The molecule has 0 radical (unpaired) electrons. The van der Waals surface area contributed by atoms with Crippen LogP contribution in [0.3, 0.4) is 0 Å². The van der Waals surface area contributed by atoms with E-state index < -0.39 is 39.6 Å². The molecular formula is C18H30I2O5. The van der Waals surface area contributed by atoms with E-state index in [0.29, 0.717) is 6.61 Å². The Bertz CT molecular complexity index is 552. The van der Waals surface area contributed by atoms with Crippen LogP contribution in [0.25, 0.3) is 0 Å². The van der Waals surface area contributed by atoms with Gasteiger partial charge in [0, 0.05) is 0 Å². The average Bonchev–Trinajstić information content (AvgIpc) is 3.17. The Hall–Kier alpha value is 0.360. The van der Waals surface area contributed by atoms with Gasteiger partial charge in [0.1, 0.15) is 0 Å². The number of ether oxygens (including phenoxy) is 3. The first-order valence-electron chi connectivity index (χ1n) is 8.57. The van der Waals surface area contributed by atoms with Crippen molar-refractivity contribution < 1.29 is 23.8 Å². The van der Waals surface area contributed by atoms with E-state index in [2.05, 4.69) is 26.6 Å². The minimum atomic E-state index is -1.40. The molecule has 3 rings (SSSR count). The van der Waals surface area contributed by atoms with Crippen molar-refractivity contribution in [2.75, 3.05) is 37.9 Å². The van der Waals surface area contributed by atoms with Gasteiger partial charge in [-0.15, -0.1) is 0 Å². The number of esters is 2. The van der Waals surface area contributed by atoms with Crippen LogP contribution in [0.2, 0.25) is 0 Å². The van der Waals surface area contributed by atoms with E-state index >= 15 is 0 Å².